The fraction of sp³-hybridized carbons (Fsp3) is 0.133. The molecule has 0 N–H and O–H groups in total. The van der Waals surface area contributed by atoms with Crippen molar-refractivity contribution < 1.29 is 9.66 Å². The maximum atomic E-state index is 10.5. The van der Waals surface area contributed by atoms with Crippen LogP contribution >= 0.6 is 0 Å². The number of nitriles is 1. The van der Waals surface area contributed by atoms with E-state index in [9.17, 15) is 10.1 Å². The first-order valence-electron chi connectivity index (χ1n) is 6.01. The summed E-state index contributed by atoms with van der Waals surface area (Å²) in [4.78, 5) is 10.1. The van der Waals surface area contributed by atoms with Crippen molar-refractivity contribution in [3.63, 3.8) is 0 Å². The molecule has 0 amide bonds. The van der Waals surface area contributed by atoms with E-state index in [0.29, 0.717) is 18.8 Å². The second kappa shape index (κ2) is 6.34. The van der Waals surface area contributed by atoms with Crippen LogP contribution < -0.4 is 4.74 Å². The maximum absolute atomic E-state index is 10.5. The van der Waals surface area contributed by atoms with Gasteiger partial charge in [0.05, 0.1) is 17.4 Å². The van der Waals surface area contributed by atoms with Gasteiger partial charge in [-0.15, -0.1) is 0 Å². The summed E-state index contributed by atoms with van der Waals surface area (Å²) in [5, 5.41) is 19.1. The lowest BCUT2D eigenvalue weighted by molar-refractivity contribution is -0.384. The number of nitro benzene ring substituents is 1. The summed E-state index contributed by atoms with van der Waals surface area (Å²) in [7, 11) is 0. The zero-order chi connectivity index (χ0) is 14.4. The van der Waals surface area contributed by atoms with Crippen LogP contribution in [0.5, 0.6) is 5.75 Å². The van der Waals surface area contributed by atoms with Gasteiger partial charge in [0.25, 0.3) is 5.69 Å². The molecule has 0 fully saturated rings. The van der Waals surface area contributed by atoms with Crippen molar-refractivity contribution in [3.05, 3.63) is 69.8 Å². The maximum Gasteiger partial charge on any atom is 0.269 e. The molecule has 0 spiro atoms. The van der Waals surface area contributed by atoms with E-state index in [1.165, 1.54) is 12.1 Å². The monoisotopic (exact) mass is 268 g/mol. The summed E-state index contributed by atoms with van der Waals surface area (Å²) in [6.45, 7) is 0.343. The van der Waals surface area contributed by atoms with Crippen molar-refractivity contribution in [1.82, 2.24) is 0 Å². The van der Waals surface area contributed by atoms with Crippen LogP contribution in [0.4, 0.5) is 5.69 Å². The average Bonchev–Trinajstić information content (AvgIpc) is 2.47. The van der Waals surface area contributed by atoms with Crippen molar-refractivity contribution in [1.29, 1.82) is 5.26 Å². The van der Waals surface area contributed by atoms with E-state index in [-0.39, 0.29) is 5.69 Å². The highest BCUT2D eigenvalue weighted by molar-refractivity contribution is 5.33. The lowest BCUT2D eigenvalue weighted by Gasteiger charge is -2.06. The standard InChI is InChI=1S/C15H12N2O3/c16-10-9-12-3-7-15(8-4-12)20-11-13-1-5-14(6-2-13)17(18)19/h1-8H,9,11H2. The van der Waals surface area contributed by atoms with Crippen LogP contribution in [0.1, 0.15) is 11.1 Å². The molecule has 0 aliphatic carbocycles. The molecular weight excluding hydrogens is 256 g/mol. The van der Waals surface area contributed by atoms with Gasteiger partial charge in [-0.05, 0) is 35.4 Å². The van der Waals surface area contributed by atoms with E-state index in [2.05, 4.69) is 6.07 Å². The Bertz CT molecular complexity index is 628. The summed E-state index contributed by atoms with van der Waals surface area (Å²) < 4.78 is 5.57. The highest BCUT2D eigenvalue weighted by Crippen LogP contribution is 2.16. The number of non-ortho nitro benzene ring substituents is 1. The minimum atomic E-state index is -0.432. The molecule has 0 heterocycles. The lowest BCUT2D eigenvalue weighted by atomic mass is 10.1. The number of ether oxygens (including phenoxy) is 1. The van der Waals surface area contributed by atoms with Gasteiger partial charge in [0.2, 0.25) is 0 Å². The lowest BCUT2D eigenvalue weighted by Crippen LogP contribution is -1.96. The van der Waals surface area contributed by atoms with Gasteiger partial charge in [0, 0.05) is 12.1 Å². The second-order valence-corrected chi connectivity index (χ2v) is 4.19. The Kier molecular flexibility index (Phi) is 4.30. The molecule has 100 valence electrons. The van der Waals surface area contributed by atoms with E-state index in [1.807, 2.05) is 12.1 Å². The number of hydrogen-bond donors (Lipinski definition) is 0. The van der Waals surface area contributed by atoms with Crippen molar-refractivity contribution in [2.24, 2.45) is 0 Å². The van der Waals surface area contributed by atoms with Crippen LogP contribution in [0.15, 0.2) is 48.5 Å². The molecule has 2 rings (SSSR count). The molecule has 0 aliphatic rings. The molecule has 0 saturated heterocycles. The van der Waals surface area contributed by atoms with Crippen LogP contribution in [-0.2, 0) is 13.0 Å². The zero-order valence-corrected chi connectivity index (χ0v) is 10.7. The zero-order valence-electron chi connectivity index (χ0n) is 10.7. The summed E-state index contributed by atoms with van der Waals surface area (Å²) in [6.07, 6.45) is 0.378. The van der Waals surface area contributed by atoms with Crippen molar-refractivity contribution >= 4 is 5.69 Å². The molecule has 5 nitrogen and oxygen atoms in total. The normalized spacial score (nSPS) is 9.75. The Labute approximate surface area is 116 Å². The first-order valence-corrected chi connectivity index (χ1v) is 6.01. The van der Waals surface area contributed by atoms with Gasteiger partial charge < -0.3 is 4.74 Å². The molecule has 0 radical (unpaired) electrons. The third kappa shape index (κ3) is 3.56. The Morgan fingerprint density at radius 1 is 1.05 bits per heavy atom. The SMILES string of the molecule is N#CCc1ccc(OCc2ccc([N+](=O)[O-])cc2)cc1. The topological polar surface area (TPSA) is 76.2 Å². The molecular formula is C15H12N2O3. The molecule has 20 heavy (non-hydrogen) atoms. The number of nitrogens with zero attached hydrogens (tertiary/aromatic N) is 2. The van der Waals surface area contributed by atoms with Gasteiger partial charge in [0.1, 0.15) is 12.4 Å². The number of hydrogen-bond acceptors (Lipinski definition) is 4. The first kappa shape index (κ1) is 13.6. The van der Waals surface area contributed by atoms with Crippen LogP contribution in [0.25, 0.3) is 0 Å². The fourth-order valence-corrected chi connectivity index (χ4v) is 1.68. The first-order chi connectivity index (χ1) is 9.69. The quantitative estimate of drug-likeness (QED) is 0.616. The van der Waals surface area contributed by atoms with Crippen LogP contribution in [0.3, 0.4) is 0 Å². The number of benzene rings is 2. The molecule has 0 unspecified atom stereocenters. The van der Waals surface area contributed by atoms with Gasteiger partial charge >= 0.3 is 0 Å². The summed E-state index contributed by atoms with van der Waals surface area (Å²) in [5.74, 6) is 0.699. The van der Waals surface area contributed by atoms with Gasteiger partial charge in [-0.1, -0.05) is 12.1 Å². The summed E-state index contributed by atoms with van der Waals surface area (Å²) in [6, 6.07) is 15.6. The Morgan fingerprint density at radius 3 is 2.20 bits per heavy atom. The fourth-order valence-electron chi connectivity index (χ4n) is 1.68. The molecule has 2 aromatic carbocycles. The molecule has 0 bridgehead atoms. The Morgan fingerprint density at radius 2 is 1.65 bits per heavy atom. The minimum Gasteiger partial charge on any atom is -0.489 e. The molecule has 0 saturated carbocycles. The smallest absolute Gasteiger partial charge is 0.269 e. The van der Waals surface area contributed by atoms with Crippen molar-refractivity contribution in [2.45, 2.75) is 13.0 Å². The minimum absolute atomic E-state index is 0.0645. The summed E-state index contributed by atoms with van der Waals surface area (Å²) >= 11 is 0. The van der Waals surface area contributed by atoms with Crippen LogP contribution in [-0.4, -0.2) is 4.92 Å². The third-order valence-electron chi connectivity index (χ3n) is 2.76. The summed E-state index contributed by atoms with van der Waals surface area (Å²) in [5.41, 5.74) is 1.86. The van der Waals surface area contributed by atoms with E-state index < -0.39 is 4.92 Å². The molecule has 0 aliphatic heterocycles. The predicted octanol–water partition coefficient (Wildman–Crippen LogP) is 3.24. The largest absolute Gasteiger partial charge is 0.489 e. The van der Waals surface area contributed by atoms with Gasteiger partial charge in [-0.3, -0.25) is 10.1 Å². The van der Waals surface area contributed by atoms with Gasteiger partial charge in [-0.2, -0.15) is 5.26 Å². The molecule has 5 heteroatoms. The molecule has 0 atom stereocenters. The van der Waals surface area contributed by atoms with E-state index in [0.717, 1.165) is 11.1 Å². The molecule has 0 aromatic heterocycles. The van der Waals surface area contributed by atoms with Gasteiger partial charge in [0.15, 0.2) is 0 Å². The van der Waals surface area contributed by atoms with Crippen LogP contribution in [0.2, 0.25) is 0 Å². The third-order valence-corrected chi connectivity index (χ3v) is 2.76. The Hall–Kier alpha value is -2.87. The van der Waals surface area contributed by atoms with Crippen molar-refractivity contribution in [2.75, 3.05) is 0 Å². The van der Waals surface area contributed by atoms with E-state index in [1.54, 1.807) is 24.3 Å². The van der Waals surface area contributed by atoms with E-state index >= 15 is 0 Å². The highest BCUT2D eigenvalue weighted by atomic mass is 16.6. The van der Waals surface area contributed by atoms with E-state index in [4.69, 9.17) is 10.00 Å². The number of nitro groups is 1. The molecule has 2 aromatic rings. The number of rotatable bonds is 5. The van der Waals surface area contributed by atoms with Crippen LogP contribution in [0, 0.1) is 21.4 Å². The average molecular weight is 268 g/mol. The highest BCUT2D eigenvalue weighted by Gasteiger charge is 2.04. The van der Waals surface area contributed by atoms with Crippen molar-refractivity contribution in [3.8, 4) is 11.8 Å². The predicted molar refractivity (Wildman–Crippen MR) is 73.2 cm³/mol. The Balaban J connectivity index is 1.94. The van der Waals surface area contributed by atoms with Gasteiger partial charge in [-0.25, -0.2) is 0 Å². The second-order valence-electron chi connectivity index (χ2n) is 4.19.